The summed E-state index contributed by atoms with van der Waals surface area (Å²) in [6, 6.07) is 0. The van der Waals surface area contributed by atoms with E-state index in [4.69, 9.17) is 10.2 Å². The van der Waals surface area contributed by atoms with Crippen molar-refractivity contribution in [2.75, 3.05) is 26.2 Å². The Kier molecular flexibility index (Phi) is 2.84. The topological polar surface area (TPSA) is 60.8 Å². The van der Waals surface area contributed by atoms with Gasteiger partial charge in [-0.25, -0.2) is 0 Å². The molecule has 1 aliphatic heterocycles. The van der Waals surface area contributed by atoms with Crippen LogP contribution in [0.3, 0.4) is 0 Å². The number of carbonyl (C=O) groups is 1. The van der Waals surface area contributed by atoms with Gasteiger partial charge in [0.2, 0.25) is 0 Å². The summed E-state index contributed by atoms with van der Waals surface area (Å²) in [7, 11) is 0. The molecule has 1 heterocycles. The predicted molar refractivity (Wildman–Crippen MR) is 39.3 cm³/mol. The zero-order chi connectivity index (χ0) is 8.27. The number of likely N-dealkylation sites (tertiary alicyclic amines) is 1. The number of aliphatic hydroxyl groups excluding tert-OH is 1. The molecule has 4 heteroatoms. The summed E-state index contributed by atoms with van der Waals surface area (Å²) >= 11 is 0. The molecule has 1 aliphatic rings. The standard InChI is InChI=1S/C7H13NO3/c9-5-6-1-2-8(3-6)4-7(10)11/h6,9H,1-5H2,(H,10,11). The molecule has 64 valence electrons. The average Bonchev–Trinajstić information content (AvgIpc) is 2.34. The molecule has 0 aromatic heterocycles. The largest absolute Gasteiger partial charge is 0.480 e. The highest BCUT2D eigenvalue weighted by Gasteiger charge is 2.22. The highest BCUT2D eigenvalue weighted by Crippen LogP contribution is 2.14. The number of aliphatic hydroxyl groups is 1. The summed E-state index contributed by atoms with van der Waals surface area (Å²) in [5.74, 6) is -0.502. The maximum Gasteiger partial charge on any atom is 0.317 e. The van der Waals surface area contributed by atoms with E-state index >= 15 is 0 Å². The van der Waals surface area contributed by atoms with Crippen LogP contribution in [0.5, 0.6) is 0 Å². The van der Waals surface area contributed by atoms with Gasteiger partial charge in [-0.3, -0.25) is 9.69 Å². The van der Waals surface area contributed by atoms with Crippen molar-refractivity contribution in [1.29, 1.82) is 0 Å². The molecule has 0 bridgehead atoms. The van der Waals surface area contributed by atoms with Gasteiger partial charge in [0.1, 0.15) is 0 Å². The van der Waals surface area contributed by atoms with Crippen LogP contribution >= 0.6 is 0 Å². The van der Waals surface area contributed by atoms with Gasteiger partial charge in [0.15, 0.2) is 0 Å². The Morgan fingerprint density at radius 1 is 1.64 bits per heavy atom. The molecule has 2 N–H and O–H groups in total. The van der Waals surface area contributed by atoms with Gasteiger partial charge >= 0.3 is 5.97 Å². The van der Waals surface area contributed by atoms with E-state index in [1.807, 2.05) is 4.90 Å². The first-order valence-electron chi connectivity index (χ1n) is 3.77. The van der Waals surface area contributed by atoms with Gasteiger partial charge in [0, 0.05) is 13.2 Å². The fourth-order valence-corrected chi connectivity index (χ4v) is 1.40. The van der Waals surface area contributed by atoms with Crippen molar-refractivity contribution in [3.05, 3.63) is 0 Å². The van der Waals surface area contributed by atoms with Gasteiger partial charge in [-0.05, 0) is 18.9 Å². The quantitative estimate of drug-likeness (QED) is 0.576. The first-order chi connectivity index (χ1) is 5.22. The molecule has 1 unspecified atom stereocenters. The zero-order valence-electron chi connectivity index (χ0n) is 6.36. The lowest BCUT2D eigenvalue weighted by Crippen LogP contribution is -2.27. The van der Waals surface area contributed by atoms with Gasteiger partial charge in [-0.15, -0.1) is 0 Å². The molecular formula is C7H13NO3. The highest BCUT2D eigenvalue weighted by atomic mass is 16.4. The predicted octanol–water partition coefficient (Wildman–Crippen LogP) is -0.615. The number of carboxylic acids is 1. The minimum atomic E-state index is -0.788. The molecule has 0 aliphatic carbocycles. The van der Waals surface area contributed by atoms with Crippen LogP contribution in [0.1, 0.15) is 6.42 Å². The molecule has 0 spiro atoms. The maximum absolute atomic E-state index is 10.2. The van der Waals surface area contributed by atoms with Crippen LogP contribution in [0.4, 0.5) is 0 Å². The van der Waals surface area contributed by atoms with E-state index in [2.05, 4.69) is 0 Å². The minimum absolute atomic E-state index is 0.108. The molecule has 0 saturated carbocycles. The molecule has 1 atom stereocenters. The van der Waals surface area contributed by atoms with E-state index in [0.29, 0.717) is 0 Å². The lowest BCUT2D eigenvalue weighted by atomic mass is 10.1. The number of aliphatic carboxylic acids is 1. The van der Waals surface area contributed by atoms with Gasteiger partial charge in [0.25, 0.3) is 0 Å². The SMILES string of the molecule is O=C(O)CN1CCC(CO)C1. The summed E-state index contributed by atoms with van der Waals surface area (Å²) in [5, 5.41) is 17.2. The van der Waals surface area contributed by atoms with Crippen LogP contribution in [0.15, 0.2) is 0 Å². The Bertz CT molecular complexity index is 149. The van der Waals surface area contributed by atoms with Crippen molar-refractivity contribution in [3.63, 3.8) is 0 Å². The van der Waals surface area contributed by atoms with Crippen LogP contribution in [0.25, 0.3) is 0 Å². The van der Waals surface area contributed by atoms with Crippen LogP contribution in [0, 0.1) is 5.92 Å². The second-order valence-corrected chi connectivity index (χ2v) is 2.97. The Hall–Kier alpha value is -0.610. The third-order valence-corrected chi connectivity index (χ3v) is 1.99. The van der Waals surface area contributed by atoms with E-state index in [9.17, 15) is 4.79 Å². The van der Waals surface area contributed by atoms with Crippen molar-refractivity contribution in [1.82, 2.24) is 4.90 Å². The lowest BCUT2D eigenvalue weighted by Gasteiger charge is -2.11. The molecule has 0 amide bonds. The molecule has 11 heavy (non-hydrogen) atoms. The van der Waals surface area contributed by atoms with Crippen LogP contribution < -0.4 is 0 Å². The average molecular weight is 159 g/mol. The fraction of sp³-hybridized carbons (Fsp3) is 0.857. The summed E-state index contributed by atoms with van der Waals surface area (Å²) in [4.78, 5) is 12.1. The van der Waals surface area contributed by atoms with Gasteiger partial charge in [0.05, 0.1) is 6.54 Å². The summed E-state index contributed by atoms with van der Waals surface area (Å²) in [6.07, 6.45) is 0.920. The lowest BCUT2D eigenvalue weighted by molar-refractivity contribution is -0.138. The second-order valence-electron chi connectivity index (χ2n) is 2.97. The van der Waals surface area contributed by atoms with Crippen molar-refractivity contribution in [3.8, 4) is 0 Å². The van der Waals surface area contributed by atoms with Crippen molar-refractivity contribution < 1.29 is 15.0 Å². The zero-order valence-corrected chi connectivity index (χ0v) is 6.36. The van der Waals surface area contributed by atoms with Gasteiger partial charge in [-0.1, -0.05) is 0 Å². The number of hydrogen-bond donors (Lipinski definition) is 2. The first-order valence-corrected chi connectivity index (χ1v) is 3.77. The summed E-state index contributed by atoms with van der Waals surface area (Å²) in [6.45, 7) is 1.81. The smallest absolute Gasteiger partial charge is 0.317 e. The van der Waals surface area contributed by atoms with Crippen LogP contribution in [-0.2, 0) is 4.79 Å². The van der Waals surface area contributed by atoms with E-state index < -0.39 is 5.97 Å². The molecule has 1 fully saturated rings. The van der Waals surface area contributed by atoms with Crippen LogP contribution in [0.2, 0.25) is 0 Å². The molecule has 0 radical (unpaired) electrons. The minimum Gasteiger partial charge on any atom is -0.480 e. The number of rotatable bonds is 3. The van der Waals surface area contributed by atoms with E-state index in [0.717, 1.165) is 19.5 Å². The number of nitrogens with zero attached hydrogens (tertiary/aromatic N) is 1. The fourth-order valence-electron chi connectivity index (χ4n) is 1.40. The van der Waals surface area contributed by atoms with Crippen molar-refractivity contribution >= 4 is 5.97 Å². The van der Waals surface area contributed by atoms with Crippen LogP contribution in [-0.4, -0.2) is 47.3 Å². The number of carboxylic acid groups (broad SMARTS) is 1. The van der Waals surface area contributed by atoms with Crippen molar-refractivity contribution in [2.24, 2.45) is 5.92 Å². The van der Waals surface area contributed by atoms with E-state index in [-0.39, 0.29) is 19.1 Å². The molecule has 1 rings (SSSR count). The molecule has 4 nitrogen and oxygen atoms in total. The third-order valence-electron chi connectivity index (χ3n) is 1.99. The molecule has 1 saturated heterocycles. The number of hydrogen-bond acceptors (Lipinski definition) is 3. The Balaban J connectivity index is 2.24. The molecule has 0 aromatic carbocycles. The normalized spacial score (nSPS) is 25.7. The van der Waals surface area contributed by atoms with E-state index in [1.165, 1.54) is 0 Å². The molecular weight excluding hydrogens is 146 g/mol. The molecule has 0 aromatic rings. The second kappa shape index (κ2) is 3.69. The highest BCUT2D eigenvalue weighted by molar-refractivity contribution is 5.69. The van der Waals surface area contributed by atoms with Crippen molar-refractivity contribution in [2.45, 2.75) is 6.42 Å². The summed E-state index contributed by atoms with van der Waals surface area (Å²) in [5.41, 5.74) is 0. The first kappa shape index (κ1) is 8.49. The van der Waals surface area contributed by atoms with E-state index in [1.54, 1.807) is 0 Å². The monoisotopic (exact) mass is 159 g/mol. The summed E-state index contributed by atoms with van der Waals surface area (Å²) < 4.78 is 0. The maximum atomic E-state index is 10.2. The Morgan fingerprint density at radius 3 is 2.82 bits per heavy atom. The Labute approximate surface area is 65.4 Å². The third kappa shape index (κ3) is 2.48. The Morgan fingerprint density at radius 2 is 2.36 bits per heavy atom. The van der Waals surface area contributed by atoms with Gasteiger partial charge < -0.3 is 10.2 Å². The van der Waals surface area contributed by atoms with Gasteiger partial charge in [-0.2, -0.15) is 0 Å².